The molecule has 3 fully saturated rings. The molecule has 6 nitrogen and oxygen atoms in total. The molecular weight excluding hydrogens is 368 g/mol. The van der Waals surface area contributed by atoms with Crippen molar-refractivity contribution < 1.29 is 20.8 Å². The molecule has 5 atom stereocenters. The van der Waals surface area contributed by atoms with Crippen molar-refractivity contribution in [1.29, 1.82) is 0 Å². The van der Waals surface area contributed by atoms with Crippen LogP contribution in [0.25, 0.3) is 10.9 Å². The van der Waals surface area contributed by atoms with Gasteiger partial charge in [-0.2, -0.15) is 0 Å². The topological polar surface area (TPSA) is 109 Å². The zero-order chi connectivity index (χ0) is 16.7. The van der Waals surface area contributed by atoms with Crippen molar-refractivity contribution in [3.63, 3.8) is 0 Å². The predicted molar refractivity (Wildman–Crippen MR) is 110 cm³/mol. The molecule has 7 heteroatoms. The molecule has 150 valence electrons. The minimum absolute atomic E-state index is 0. The fourth-order valence-electron chi connectivity index (χ4n) is 4.44. The van der Waals surface area contributed by atoms with E-state index in [9.17, 15) is 5.11 Å². The van der Waals surface area contributed by atoms with Gasteiger partial charge in [0.1, 0.15) is 5.75 Å². The lowest BCUT2D eigenvalue weighted by Gasteiger charge is -2.50. The van der Waals surface area contributed by atoms with Crippen molar-refractivity contribution in [3.05, 3.63) is 48.7 Å². The SMILES string of the molecule is C=CC1CN2CCC1CC2C(O)c1ccnc2ccc(OC)cc12.Cl.O.O. The first kappa shape index (κ1) is 23.3. The summed E-state index contributed by atoms with van der Waals surface area (Å²) in [6, 6.07) is 7.96. The highest BCUT2D eigenvalue weighted by molar-refractivity contribution is 5.85. The number of aliphatic hydroxyl groups excluding tert-OH is 1. The third kappa shape index (κ3) is 4.10. The number of aliphatic hydroxyl groups is 1. The largest absolute Gasteiger partial charge is 0.497 e. The number of piperidine rings is 3. The number of fused-ring (bicyclic) bond motifs is 4. The van der Waals surface area contributed by atoms with Crippen LogP contribution in [-0.4, -0.2) is 52.2 Å². The van der Waals surface area contributed by atoms with Gasteiger partial charge in [0.2, 0.25) is 0 Å². The van der Waals surface area contributed by atoms with Gasteiger partial charge in [-0.25, -0.2) is 0 Å². The van der Waals surface area contributed by atoms with Crippen molar-refractivity contribution >= 4 is 23.3 Å². The Labute approximate surface area is 165 Å². The van der Waals surface area contributed by atoms with E-state index in [4.69, 9.17) is 4.74 Å². The molecule has 3 saturated heterocycles. The molecule has 0 saturated carbocycles. The van der Waals surface area contributed by atoms with Gasteiger partial charge in [0.15, 0.2) is 0 Å². The number of ether oxygens (including phenoxy) is 1. The highest BCUT2D eigenvalue weighted by Crippen LogP contribution is 2.42. The van der Waals surface area contributed by atoms with Crippen molar-refractivity contribution in [2.75, 3.05) is 20.2 Å². The lowest BCUT2D eigenvalue weighted by molar-refractivity contribution is -0.0444. The summed E-state index contributed by atoms with van der Waals surface area (Å²) >= 11 is 0. The first-order valence-electron chi connectivity index (χ1n) is 8.68. The summed E-state index contributed by atoms with van der Waals surface area (Å²) in [5, 5.41) is 12.1. The van der Waals surface area contributed by atoms with E-state index in [0.29, 0.717) is 11.8 Å². The van der Waals surface area contributed by atoms with Gasteiger partial charge in [-0.05, 0) is 61.1 Å². The molecule has 3 aliphatic rings. The average Bonchev–Trinajstić information content (AvgIpc) is 2.66. The van der Waals surface area contributed by atoms with Crippen LogP contribution < -0.4 is 4.74 Å². The minimum Gasteiger partial charge on any atom is -0.497 e. The van der Waals surface area contributed by atoms with Crippen LogP contribution in [0, 0.1) is 11.8 Å². The summed E-state index contributed by atoms with van der Waals surface area (Å²) < 4.78 is 5.35. The van der Waals surface area contributed by atoms with Crippen LogP contribution >= 0.6 is 12.4 Å². The molecule has 0 spiro atoms. The van der Waals surface area contributed by atoms with E-state index in [1.807, 2.05) is 24.3 Å². The number of nitrogens with zero attached hydrogens (tertiary/aromatic N) is 2. The van der Waals surface area contributed by atoms with Gasteiger partial charge in [-0.3, -0.25) is 9.88 Å². The Balaban J connectivity index is 0.00000121. The van der Waals surface area contributed by atoms with E-state index in [1.54, 1.807) is 13.3 Å². The monoisotopic (exact) mass is 396 g/mol. The average molecular weight is 397 g/mol. The van der Waals surface area contributed by atoms with E-state index in [0.717, 1.165) is 41.7 Å². The maximum atomic E-state index is 11.2. The molecule has 5 N–H and O–H groups in total. The van der Waals surface area contributed by atoms with Crippen LogP contribution in [0.5, 0.6) is 5.75 Å². The van der Waals surface area contributed by atoms with E-state index in [2.05, 4.69) is 22.5 Å². The molecular formula is C20H29ClN2O4. The molecule has 2 aromatic rings. The lowest BCUT2D eigenvalue weighted by atomic mass is 9.73. The minimum atomic E-state index is -0.504. The standard InChI is InChI=1S/C20H24N2O2.ClH.2H2O/c1-3-13-12-22-9-7-14(13)10-19(22)20(23)16-6-8-21-18-5-4-15(24-2)11-17(16)18;;;/h3-6,8,11,13-14,19-20,23H,1,7,9-10,12H2,2H3;1H;2*1H2. The second-order valence-corrected chi connectivity index (χ2v) is 6.97. The van der Waals surface area contributed by atoms with Gasteiger partial charge in [0.05, 0.1) is 18.7 Å². The van der Waals surface area contributed by atoms with Crippen LogP contribution in [0.2, 0.25) is 0 Å². The van der Waals surface area contributed by atoms with E-state index in [1.165, 1.54) is 6.42 Å². The molecule has 0 radical (unpaired) electrons. The Bertz CT molecular complexity index is 773. The molecule has 27 heavy (non-hydrogen) atoms. The van der Waals surface area contributed by atoms with Crippen LogP contribution in [0.3, 0.4) is 0 Å². The molecule has 2 bridgehead atoms. The van der Waals surface area contributed by atoms with Crippen LogP contribution in [0.4, 0.5) is 0 Å². The van der Waals surface area contributed by atoms with Gasteiger partial charge in [-0.1, -0.05) is 6.08 Å². The molecule has 1 aromatic heterocycles. The Morgan fingerprint density at radius 1 is 1.33 bits per heavy atom. The fraction of sp³-hybridized carbons (Fsp3) is 0.450. The van der Waals surface area contributed by atoms with Crippen LogP contribution in [0.1, 0.15) is 24.5 Å². The highest BCUT2D eigenvalue weighted by atomic mass is 35.5. The Morgan fingerprint density at radius 2 is 2.11 bits per heavy atom. The number of halogens is 1. The van der Waals surface area contributed by atoms with E-state index >= 15 is 0 Å². The maximum absolute atomic E-state index is 11.2. The molecule has 4 heterocycles. The molecule has 5 unspecified atom stereocenters. The fourth-order valence-corrected chi connectivity index (χ4v) is 4.44. The van der Waals surface area contributed by atoms with E-state index < -0.39 is 6.10 Å². The number of hydrogen-bond acceptors (Lipinski definition) is 4. The van der Waals surface area contributed by atoms with Crippen molar-refractivity contribution in [2.24, 2.45) is 11.8 Å². The van der Waals surface area contributed by atoms with Gasteiger partial charge in [0.25, 0.3) is 0 Å². The number of rotatable bonds is 4. The summed E-state index contributed by atoms with van der Waals surface area (Å²) in [6.07, 6.45) is 5.62. The quantitative estimate of drug-likeness (QED) is 0.796. The van der Waals surface area contributed by atoms with Crippen molar-refractivity contribution in [3.8, 4) is 5.75 Å². The number of hydrogen-bond donors (Lipinski definition) is 1. The Kier molecular flexibility index (Phi) is 8.20. The molecule has 5 rings (SSSR count). The summed E-state index contributed by atoms with van der Waals surface area (Å²) in [5.41, 5.74) is 1.85. The molecule has 1 aromatic carbocycles. The predicted octanol–water partition coefficient (Wildman–Crippen LogP) is 1.95. The zero-order valence-corrected chi connectivity index (χ0v) is 16.3. The molecule has 0 amide bonds. The number of methoxy groups -OCH3 is 1. The summed E-state index contributed by atoms with van der Waals surface area (Å²) in [4.78, 5) is 6.86. The van der Waals surface area contributed by atoms with Gasteiger partial charge in [-0.15, -0.1) is 19.0 Å². The third-order valence-electron chi connectivity index (χ3n) is 5.82. The first-order chi connectivity index (χ1) is 11.7. The number of benzene rings is 1. The Hall–Kier alpha value is -1.70. The maximum Gasteiger partial charge on any atom is 0.119 e. The van der Waals surface area contributed by atoms with Crippen molar-refractivity contribution in [2.45, 2.75) is 25.0 Å². The number of pyridine rings is 1. The third-order valence-corrected chi connectivity index (χ3v) is 5.82. The second-order valence-electron chi connectivity index (χ2n) is 6.97. The lowest BCUT2D eigenvalue weighted by Crippen LogP contribution is -2.54. The van der Waals surface area contributed by atoms with Gasteiger partial charge in [0, 0.05) is 24.2 Å². The Morgan fingerprint density at radius 3 is 2.74 bits per heavy atom. The first-order valence-corrected chi connectivity index (χ1v) is 8.68. The molecule has 3 aliphatic heterocycles. The smallest absolute Gasteiger partial charge is 0.119 e. The summed E-state index contributed by atoms with van der Waals surface area (Å²) in [5.74, 6) is 2.01. The van der Waals surface area contributed by atoms with Crippen molar-refractivity contribution in [1.82, 2.24) is 9.88 Å². The highest BCUT2D eigenvalue weighted by Gasteiger charge is 2.42. The van der Waals surface area contributed by atoms with Crippen LogP contribution in [0.15, 0.2) is 43.1 Å². The number of aromatic nitrogens is 1. The normalized spacial score (nSPS) is 26.9. The summed E-state index contributed by atoms with van der Waals surface area (Å²) in [7, 11) is 1.66. The zero-order valence-electron chi connectivity index (χ0n) is 15.5. The van der Waals surface area contributed by atoms with Gasteiger partial charge < -0.3 is 20.8 Å². The van der Waals surface area contributed by atoms with E-state index in [-0.39, 0.29) is 29.4 Å². The van der Waals surface area contributed by atoms with Crippen LogP contribution in [-0.2, 0) is 0 Å². The van der Waals surface area contributed by atoms with Gasteiger partial charge >= 0.3 is 0 Å². The molecule has 0 aliphatic carbocycles. The summed E-state index contributed by atoms with van der Waals surface area (Å²) in [6.45, 7) is 6.07. The second kappa shape index (κ2) is 9.48.